The molecular weight excluding hydrogens is 258 g/mol. The smallest absolute Gasteiger partial charge is 0.338 e. The molecule has 6 nitrogen and oxygen atoms in total. The largest absolute Gasteiger partial charge is 0.452 e. The molecule has 0 aliphatic heterocycles. The lowest BCUT2D eigenvalue weighted by molar-refractivity contribution is -0.119. The molecule has 0 atom stereocenters. The Kier molecular flexibility index (Phi) is 4.28. The van der Waals surface area contributed by atoms with Crippen molar-refractivity contribution in [3.63, 3.8) is 0 Å². The van der Waals surface area contributed by atoms with Gasteiger partial charge in [0.25, 0.3) is 5.91 Å². The maximum Gasteiger partial charge on any atom is 0.338 e. The summed E-state index contributed by atoms with van der Waals surface area (Å²) in [6, 6.07) is 9.54. The Labute approximate surface area is 115 Å². The third kappa shape index (κ3) is 3.81. The Morgan fingerprint density at radius 3 is 2.40 bits per heavy atom. The van der Waals surface area contributed by atoms with E-state index in [9.17, 15) is 9.59 Å². The minimum atomic E-state index is -0.574. The van der Waals surface area contributed by atoms with Crippen LogP contribution in [-0.4, -0.2) is 23.5 Å². The highest BCUT2D eigenvalue weighted by Gasteiger charge is 2.10. The third-order valence-electron chi connectivity index (χ3n) is 2.44. The van der Waals surface area contributed by atoms with Gasteiger partial charge >= 0.3 is 5.97 Å². The fraction of sp³-hybridized carbons (Fsp3) is 0.0714. The van der Waals surface area contributed by atoms with E-state index in [0.717, 1.165) is 0 Å². The van der Waals surface area contributed by atoms with Crippen LogP contribution in [0.2, 0.25) is 0 Å². The number of pyridine rings is 1. The number of benzene rings is 1. The van der Waals surface area contributed by atoms with E-state index in [1.165, 1.54) is 0 Å². The summed E-state index contributed by atoms with van der Waals surface area (Å²) < 4.78 is 4.89. The zero-order chi connectivity index (χ0) is 14.4. The van der Waals surface area contributed by atoms with Gasteiger partial charge in [0.1, 0.15) is 0 Å². The van der Waals surface area contributed by atoms with Crippen molar-refractivity contribution in [3.8, 4) is 0 Å². The second-order valence-corrected chi connectivity index (χ2v) is 3.98. The molecule has 2 aromatic rings. The van der Waals surface area contributed by atoms with Crippen molar-refractivity contribution >= 4 is 23.3 Å². The molecule has 0 saturated carbocycles. The van der Waals surface area contributed by atoms with E-state index < -0.39 is 11.9 Å². The van der Waals surface area contributed by atoms with Crippen LogP contribution in [-0.2, 0) is 9.53 Å². The lowest BCUT2D eigenvalue weighted by atomic mass is 10.2. The van der Waals surface area contributed by atoms with E-state index in [2.05, 4.69) is 10.3 Å². The summed E-state index contributed by atoms with van der Waals surface area (Å²) in [6.07, 6.45) is 3.10. The zero-order valence-electron chi connectivity index (χ0n) is 10.6. The molecule has 6 heteroatoms. The second kappa shape index (κ2) is 6.33. The van der Waals surface area contributed by atoms with E-state index in [-0.39, 0.29) is 6.61 Å². The van der Waals surface area contributed by atoms with Crippen molar-refractivity contribution in [1.29, 1.82) is 0 Å². The van der Waals surface area contributed by atoms with Gasteiger partial charge in [0, 0.05) is 23.8 Å². The number of ether oxygens (including phenoxy) is 1. The van der Waals surface area contributed by atoms with Crippen molar-refractivity contribution in [2.45, 2.75) is 0 Å². The number of hydrogen-bond acceptors (Lipinski definition) is 5. The van der Waals surface area contributed by atoms with E-state index in [1.807, 2.05) is 0 Å². The zero-order valence-corrected chi connectivity index (χ0v) is 10.6. The molecule has 1 amide bonds. The highest BCUT2D eigenvalue weighted by molar-refractivity contribution is 5.95. The quantitative estimate of drug-likeness (QED) is 0.648. The lowest BCUT2D eigenvalue weighted by Gasteiger charge is -2.06. The Hall–Kier alpha value is -2.89. The van der Waals surface area contributed by atoms with Crippen LogP contribution >= 0.6 is 0 Å². The van der Waals surface area contributed by atoms with Gasteiger partial charge in [-0.3, -0.25) is 9.78 Å². The molecule has 0 aliphatic carbocycles. The molecule has 0 aliphatic rings. The predicted octanol–water partition coefficient (Wildman–Crippen LogP) is 1.46. The first-order valence-electron chi connectivity index (χ1n) is 5.88. The van der Waals surface area contributed by atoms with Crippen LogP contribution in [0.3, 0.4) is 0 Å². The molecule has 3 N–H and O–H groups in total. The topological polar surface area (TPSA) is 94.3 Å². The summed E-state index contributed by atoms with van der Waals surface area (Å²) in [5.74, 6) is -0.991. The van der Waals surface area contributed by atoms with E-state index >= 15 is 0 Å². The van der Waals surface area contributed by atoms with Gasteiger partial charge in [-0.2, -0.15) is 0 Å². The lowest BCUT2D eigenvalue weighted by Crippen LogP contribution is -2.20. The molecule has 0 saturated heterocycles. The van der Waals surface area contributed by atoms with E-state index in [1.54, 1.807) is 48.8 Å². The summed E-state index contributed by atoms with van der Waals surface area (Å²) in [5, 5.41) is 2.58. The number of esters is 1. The Morgan fingerprint density at radius 2 is 1.75 bits per heavy atom. The first-order valence-corrected chi connectivity index (χ1v) is 5.88. The Bertz CT molecular complexity index is 597. The van der Waals surface area contributed by atoms with Gasteiger partial charge in [-0.1, -0.05) is 0 Å². The van der Waals surface area contributed by atoms with E-state index in [0.29, 0.717) is 16.9 Å². The standard InChI is InChI=1S/C14H13N3O3/c15-11-3-1-10(2-4-11)14(19)20-9-13(18)17-12-5-7-16-8-6-12/h1-8H,9,15H2,(H,16,17,18). The second-order valence-electron chi connectivity index (χ2n) is 3.98. The van der Waals surface area contributed by atoms with E-state index in [4.69, 9.17) is 10.5 Å². The molecule has 0 spiro atoms. The van der Waals surface area contributed by atoms with Gasteiger partial charge in [-0.05, 0) is 36.4 Å². The monoisotopic (exact) mass is 271 g/mol. The van der Waals surface area contributed by atoms with Gasteiger partial charge in [0.05, 0.1) is 5.56 Å². The summed E-state index contributed by atoms with van der Waals surface area (Å²) in [6.45, 7) is -0.356. The number of rotatable bonds is 4. The maximum absolute atomic E-state index is 11.7. The van der Waals surface area contributed by atoms with Crippen LogP contribution in [0.5, 0.6) is 0 Å². The maximum atomic E-state index is 11.7. The summed E-state index contributed by atoms with van der Waals surface area (Å²) in [4.78, 5) is 27.1. The fourth-order valence-corrected chi connectivity index (χ4v) is 1.47. The highest BCUT2D eigenvalue weighted by Crippen LogP contribution is 2.07. The molecular formula is C14H13N3O3. The van der Waals surface area contributed by atoms with Gasteiger partial charge in [0.2, 0.25) is 0 Å². The molecule has 1 aromatic heterocycles. The predicted molar refractivity (Wildman–Crippen MR) is 74.0 cm³/mol. The first kappa shape index (κ1) is 13.5. The molecule has 0 radical (unpaired) electrons. The van der Waals surface area contributed by atoms with Crippen LogP contribution in [0, 0.1) is 0 Å². The van der Waals surface area contributed by atoms with Crippen LogP contribution in [0.4, 0.5) is 11.4 Å². The fourth-order valence-electron chi connectivity index (χ4n) is 1.47. The number of carbonyl (C=O) groups excluding carboxylic acids is 2. The van der Waals surface area contributed by atoms with Gasteiger partial charge in [-0.15, -0.1) is 0 Å². The summed E-state index contributed by atoms with van der Waals surface area (Å²) >= 11 is 0. The van der Waals surface area contributed by atoms with Gasteiger partial charge in [0.15, 0.2) is 6.61 Å². The van der Waals surface area contributed by atoms with Crippen molar-refractivity contribution in [3.05, 3.63) is 54.4 Å². The van der Waals surface area contributed by atoms with Crippen LogP contribution < -0.4 is 11.1 Å². The Morgan fingerprint density at radius 1 is 1.10 bits per heavy atom. The van der Waals surface area contributed by atoms with Crippen molar-refractivity contribution in [2.75, 3.05) is 17.7 Å². The molecule has 1 heterocycles. The SMILES string of the molecule is Nc1ccc(C(=O)OCC(=O)Nc2ccncc2)cc1. The Balaban J connectivity index is 1.84. The number of anilines is 2. The van der Waals surface area contributed by atoms with Crippen LogP contribution in [0.25, 0.3) is 0 Å². The molecule has 0 bridgehead atoms. The molecule has 0 unspecified atom stereocenters. The number of aromatic nitrogens is 1. The summed E-state index contributed by atoms with van der Waals surface area (Å²) in [7, 11) is 0. The van der Waals surface area contributed by atoms with Crippen molar-refractivity contribution < 1.29 is 14.3 Å². The number of amides is 1. The molecule has 102 valence electrons. The normalized spacial score (nSPS) is 9.80. The summed E-state index contributed by atoms with van der Waals surface area (Å²) in [5.41, 5.74) is 7.00. The third-order valence-corrected chi connectivity index (χ3v) is 2.44. The first-order chi connectivity index (χ1) is 9.65. The number of nitrogens with one attached hydrogen (secondary N) is 1. The number of hydrogen-bond donors (Lipinski definition) is 2. The van der Waals surface area contributed by atoms with Crippen molar-refractivity contribution in [2.24, 2.45) is 0 Å². The molecule has 1 aromatic carbocycles. The van der Waals surface area contributed by atoms with Gasteiger partial charge < -0.3 is 15.8 Å². The number of nitrogen functional groups attached to an aromatic ring is 1. The average Bonchev–Trinajstić information content (AvgIpc) is 2.46. The average molecular weight is 271 g/mol. The number of carbonyl (C=O) groups is 2. The van der Waals surface area contributed by atoms with Crippen molar-refractivity contribution in [1.82, 2.24) is 4.98 Å². The molecule has 0 fully saturated rings. The minimum absolute atomic E-state index is 0.343. The molecule has 2 rings (SSSR count). The van der Waals surface area contributed by atoms with Gasteiger partial charge in [-0.25, -0.2) is 4.79 Å². The minimum Gasteiger partial charge on any atom is -0.452 e. The number of nitrogens with two attached hydrogens (primary N) is 1. The number of nitrogens with zero attached hydrogens (tertiary/aromatic N) is 1. The van der Waals surface area contributed by atoms with Crippen LogP contribution in [0.1, 0.15) is 10.4 Å². The van der Waals surface area contributed by atoms with Crippen LogP contribution in [0.15, 0.2) is 48.8 Å². The highest BCUT2D eigenvalue weighted by atomic mass is 16.5. The molecule has 20 heavy (non-hydrogen) atoms.